The number of ether oxygens (including phenoxy) is 1. The van der Waals surface area contributed by atoms with Crippen LogP contribution in [0.5, 0.6) is 0 Å². The van der Waals surface area contributed by atoms with E-state index in [4.69, 9.17) is 9.39 Å². The molecule has 27 heavy (non-hydrogen) atoms. The number of rotatable bonds is 5. The first-order valence-corrected chi connectivity index (χ1v) is 10.6. The van der Waals surface area contributed by atoms with Gasteiger partial charge in [0.25, 0.3) is 0 Å². The van der Waals surface area contributed by atoms with E-state index in [2.05, 4.69) is 10.5 Å². The molecule has 2 unspecified atom stereocenters. The van der Waals surface area contributed by atoms with E-state index in [0.29, 0.717) is 24.5 Å². The summed E-state index contributed by atoms with van der Waals surface area (Å²) in [4.78, 5) is 24.2. The van der Waals surface area contributed by atoms with Gasteiger partial charge in [0.05, 0.1) is 6.10 Å². The van der Waals surface area contributed by atoms with Crippen LogP contribution in [-0.4, -0.2) is 47.9 Å². The lowest BCUT2D eigenvalue weighted by Gasteiger charge is -2.50. The highest BCUT2D eigenvalue weighted by Crippen LogP contribution is 2.51. The largest absolute Gasteiger partial charge is 0.634 e. The molecule has 8 heteroatoms. The van der Waals surface area contributed by atoms with Gasteiger partial charge in [-0.2, -0.15) is 0 Å². The first kappa shape index (κ1) is 20.5. The molecule has 0 aromatic rings. The van der Waals surface area contributed by atoms with E-state index in [-0.39, 0.29) is 18.6 Å². The average Bonchev–Trinajstić information content (AvgIpc) is 2.85. The van der Waals surface area contributed by atoms with E-state index >= 15 is 0 Å². The second-order valence-electron chi connectivity index (χ2n) is 9.72. The van der Waals surface area contributed by atoms with Crippen LogP contribution in [0, 0.1) is 0 Å². The van der Waals surface area contributed by atoms with Gasteiger partial charge in [0.15, 0.2) is 0 Å². The Balaban J connectivity index is 1.46. The van der Waals surface area contributed by atoms with Crippen molar-refractivity contribution in [1.29, 1.82) is 0 Å². The van der Waals surface area contributed by atoms with Crippen molar-refractivity contribution in [1.82, 2.24) is 5.32 Å². The molecule has 7 nitrogen and oxygen atoms in total. The van der Waals surface area contributed by atoms with Crippen molar-refractivity contribution >= 4 is 18.5 Å². The number of hydrogen-bond acceptors (Lipinski definition) is 5. The fraction of sp³-hybridized carbons (Fsp3) is 0.895. The number of carbonyl (C=O) groups excluding carboxylic acids is 2. The van der Waals surface area contributed by atoms with Crippen molar-refractivity contribution in [3.63, 3.8) is 0 Å². The predicted octanol–water partition coefficient (Wildman–Crippen LogP) is 1.69. The van der Waals surface area contributed by atoms with Gasteiger partial charge >= 0.3 is 18.5 Å². The van der Waals surface area contributed by atoms with Crippen molar-refractivity contribution in [2.45, 2.75) is 102 Å². The first-order chi connectivity index (χ1) is 12.7. The van der Waals surface area contributed by atoms with Crippen LogP contribution in [0.1, 0.15) is 72.1 Å². The maximum absolute atomic E-state index is 12.5. The second kappa shape index (κ2) is 7.99. The summed E-state index contributed by atoms with van der Waals surface area (Å²) in [5.41, 5.74) is -0.563. The standard InChI is InChI=1S/C19H35BN2O5/c1-19(2,3)26-18(25)21-12-15(23)10-11-16-17(24)27-20(22-16)13-6-4-7-14(20)9-5-8-13/h13-16,23H,4-12,22H2,1-3H3,(H,21,25). The zero-order chi connectivity index (χ0) is 19.7. The molecule has 3 aliphatic heterocycles. The van der Waals surface area contributed by atoms with Crippen molar-refractivity contribution in [2.24, 2.45) is 0 Å². The minimum absolute atomic E-state index is 0.110. The van der Waals surface area contributed by atoms with Gasteiger partial charge in [0, 0.05) is 13.0 Å². The number of alkyl carbamates (subject to hydrolysis) is 1. The molecule has 0 saturated carbocycles. The van der Waals surface area contributed by atoms with E-state index in [9.17, 15) is 14.7 Å². The van der Waals surface area contributed by atoms with Gasteiger partial charge in [0.1, 0.15) is 11.6 Å². The second-order valence-corrected chi connectivity index (χ2v) is 9.72. The third kappa shape index (κ3) is 4.77. The minimum atomic E-state index is -1.12. The van der Waals surface area contributed by atoms with Gasteiger partial charge in [-0.1, -0.05) is 50.2 Å². The SMILES string of the molecule is CC(C)(C)OC(=O)NCC(O)CCC1[NH2+][B-]2(OC1=O)C1CCCC2CCC1. The average molecular weight is 382 g/mol. The molecule has 3 rings (SSSR count). The smallest absolute Gasteiger partial charge is 0.407 e. The zero-order valence-electron chi connectivity index (χ0n) is 16.9. The molecule has 3 saturated heterocycles. The van der Waals surface area contributed by atoms with Crippen LogP contribution in [0.15, 0.2) is 0 Å². The van der Waals surface area contributed by atoms with Crippen LogP contribution >= 0.6 is 0 Å². The van der Waals surface area contributed by atoms with Crippen molar-refractivity contribution in [3.05, 3.63) is 0 Å². The van der Waals surface area contributed by atoms with Gasteiger partial charge < -0.3 is 25.0 Å². The monoisotopic (exact) mass is 382 g/mol. The van der Waals surface area contributed by atoms with Crippen molar-refractivity contribution in [3.8, 4) is 0 Å². The van der Waals surface area contributed by atoms with E-state index in [1.807, 2.05) is 0 Å². The maximum Gasteiger partial charge on any atom is 0.407 e. The third-order valence-corrected chi connectivity index (χ3v) is 6.62. The number of amides is 1. The summed E-state index contributed by atoms with van der Waals surface area (Å²) in [7, 11) is 0. The van der Waals surface area contributed by atoms with Gasteiger partial charge in [-0.05, 0) is 27.2 Å². The lowest BCUT2D eigenvalue weighted by molar-refractivity contribution is -0.560. The topological polar surface area (TPSA) is 101 Å². The molecule has 4 N–H and O–H groups in total. The summed E-state index contributed by atoms with van der Waals surface area (Å²) in [6, 6.07) is -0.220. The van der Waals surface area contributed by atoms with Gasteiger partial charge in [-0.25, -0.2) is 4.79 Å². The zero-order valence-corrected chi connectivity index (χ0v) is 16.9. The van der Waals surface area contributed by atoms with E-state index in [1.54, 1.807) is 20.8 Å². The van der Waals surface area contributed by atoms with Crippen molar-refractivity contribution < 1.29 is 29.3 Å². The molecule has 2 atom stereocenters. The molecular formula is C19H35BN2O5. The number of quaternary nitrogens is 1. The van der Waals surface area contributed by atoms with Crippen LogP contribution in [0.2, 0.25) is 11.6 Å². The van der Waals surface area contributed by atoms with Crippen LogP contribution < -0.4 is 10.5 Å². The Hall–Kier alpha value is -1.28. The molecule has 1 spiro atoms. The van der Waals surface area contributed by atoms with Gasteiger partial charge in [0.2, 0.25) is 0 Å². The maximum atomic E-state index is 12.5. The highest BCUT2D eigenvalue weighted by atomic mass is 16.6. The molecule has 3 aliphatic rings. The van der Waals surface area contributed by atoms with E-state index < -0.39 is 24.3 Å². The molecular weight excluding hydrogens is 347 g/mol. The molecule has 0 aromatic heterocycles. The Bertz CT molecular complexity index is 543. The summed E-state index contributed by atoms with van der Waals surface area (Å²) in [5.74, 6) is 0.955. The van der Waals surface area contributed by atoms with Crippen LogP contribution in [0.3, 0.4) is 0 Å². The van der Waals surface area contributed by atoms with Crippen LogP contribution in [-0.2, 0) is 14.2 Å². The molecule has 0 radical (unpaired) electrons. The van der Waals surface area contributed by atoms with E-state index in [1.165, 1.54) is 38.5 Å². The quantitative estimate of drug-likeness (QED) is 0.628. The summed E-state index contributed by atoms with van der Waals surface area (Å²) in [6.07, 6.45) is 7.00. The predicted molar refractivity (Wildman–Crippen MR) is 102 cm³/mol. The third-order valence-electron chi connectivity index (χ3n) is 6.62. The van der Waals surface area contributed by atoms with Crippen LogP contribution in [0.25, 0.3) is 0 Å². The fourth-order valence-corrected chi connectivity index (χ4v) is 5.48. The lowest BCUT2D eigenvalue weighted by atomic mass is 9.28. The molecule has 3 fully saturated rings. The number of nitrogens with two attached hydrogens (primary N) is 1. The highest BCUT2D eigenvalue weighted by molar-refractivity contribution is 6.71. The number of aliphatic hydroxyl groups is 1. The molecule has 0 aromatic carbocycles. The number of nitrogens with one attached hydrogen (secondary N) is 1. The summed E-state index contributed by atoms with van der Waals surface area (Å²) in [6.45, 7) is 4.38. The number of carbonyl (C=O) groups is 2. The summed E-state index contributed by atoms with van der Waals surface area (Å²) < 4.78 is 11.2. The van der Waals surface area contributed by atoms with Crippen LogP contribution in [0.4, 0.5) is 4.79 Å². The Kier molecular flexibility index (Phi) is 6.06. The minimum Gasteiger partial charge on any atom is -0.634 e. The fourth-order valence-electron chi connectivity index (χ4n) is 5.48. The molecule has 2 bridgehead atoms. The normalized spacial score (nSPS) is 34.2. The molecule has 0 aliphatic carbocycles. The molecule has 1 amide bonds. The Morgan fingerprint density at radius 2 is 1.89 bits per heavy atom. The number of hydrogen-bond donors (Lipinski definition) is 3. The summed E-state index contributed by atoms with van der Waals surface area (Å²) >= 11 is 0. The number of aliphatic hydroxyl groups excluding tert-OH is 1. The van der Waals surface area contributed by atoms with E-state index in [0.717, 1.165) is 0 Å². The molecule has 3 heterocycles. The van der Waals surface area contributed by atoms with Crippen molar-refractivity contribution in [2.75, 3.05) is 6.54 Å². The summed E-state index contributed by atoms with van der Waals surface area (Å²) in [5, 5.41) is 15.0. The van der Waals surface area contributed by atoms with Gasteiger partial charge in [-0.15, -0.1) is 0 Å². The molecule has 154 valence electrons. The Morgan fingerprint density at radius 3 is 2.44 bits per heavy atom. The lowest BCUT2D eigenvalue weighted by Crippen LogP contribution is -3.03. The highest BCUT2D eigenvalue weighted by Gasteiger charge is 2.59. The first-order valence-electron chi connectivity index (χ1n) is 10.6. The Labute approximate surface area is 161 Å². The Morgan fingerprint density at radius 1 is 1.30 bits per heavy atom. The van der Waals surface area contributed by atoms with Gasteiger partial charge in [-0.3, -0.25) is 4.79 Å².